The van der Waals surface area contributed by atoms with Crippen LogP contribution in [0.4, 0.5) is 0 Å². The highest BCUT2D eigenvalue weighted by Crippen LogP contribution is 2.12. The van der Waals surface area contributed by atoms with Gasteiger partial charge in [-0.25, -0.2) is 0 Å². The fraction of sp³-hybridized carbons (Fsp3) is 0.714. The summed E-state index contributed by atoms with van der Waals surface area (Å²) in [6.07, 6.45) is 3.88. The Morgan fingerprint density at radius 2 is 1.11 bits per heavy atom. The summed E-state index contributed by atoms with van der Waals surface area (Å²) >= 11 is 0. The molecule has 0 aliphatic heterocycles. The molecule has 0 saturated carbocycles. The first-order valence-electron chi connectivity index (χ1n) is 6.47. The highest BCUT2D eigenvalue weighted by Gasteiger charge is 2.15. The fourth-order valence-electron chi connectivity index (χ4n) is 1.59. The minimum absolute atomic E-state index is 0.480. The number of nitriles is 4. The third-order valence-corrected chi connectivity index (χ3v) is 2.63. The van der Waals surface area contributed by atoms with Crippen molar-refractivity contribution in [2.75, 3.05) is 0 Å². The maximum absolute atomic E-state index is 8.94. The van der Waals surface area contributed by atoms with Crippen molar-refractivity contribution in [1.82, 2.24) is 0 Å². The van der Waals surface area contributed by atoms with E-state index in [1.165, 1.54) is 0 Å². The van der Waals surface area contributed by atoms with Gasteiger partial charge >= 0.3 is 0 Å². The van der Waals surface area contributed by atoms with Crippen molar-refractivity contribution in [2.24, 2.45) is 0 Å². The molecule has 5 heteroatoms. The molecule has 0 saturated heterocycles. The molecule has 0 aromatic rings. The third-order valence-electron chi connectivity index (χ3n) is 2.63. The molecule has 0 spiro atoms. The lowest BCUT2D eigenvalue weighted by molar-refractivity contribution is 0.0383. The van der Waals surface area contributed by atoms with Gasteiger partial charge < -0.3 is 4.74 Å². The maximum Gasteiger partial charge on any atom is 0.145 e. The van der Waals surface area contributed by atoms with Gasteiger partial charge in [0.25, 0.3) is 0 Å². The monoisotopic (exact) mass is 258 g/mol. The van der Waals surface area contributed by atoms with E-state index in [0.717, 1.165) is 25.7 Å². The van der Waals surface area contributed by atoms with Crippen molar-refractivity contribution in [3.8, 4) is 24.3 Å². The average molecular weight is 258 g/mol. The summed E-state index contributed by atoms with van der Waals surface area (Å²) in [5, 5.41) is 34.7. The molecule has 0 rings (SSSR count). The van der Waals surface area contributed by atoms with Crippen LogP contribution in [0.15, 0.2) is 0 Å². The molecule has 0 aromatic carbocycles. The van der Waals surface area contributed by atoms with Crippen LogP contribution in [0.25, 0.3) is 0 Å². The first kappa shape index (κ1) is 16.9. The van der Waals surface area contributed by atoms with Crippen molar-refractivity contribution >= 4 is 0 Å². The minimum Gasteiger partial charge on any atom is -0.345 e. The third kappa shape index (κ3) is 9.61. The molecule has 100 valence electrons. The van der Waals surface area contributed by atoms with Gasteiger partial charge in [0.05, 0.1) is 24.3 Å². The summed E-state index contributed by atoms with van der Waals surface area (Å²) in [5.41, 5.74) is 0. The topological polar surface area (TPSA) is 104 Å². The zero-order chi connectivity index (χ0) is 14.3. The van der Waals surface area contributed by atoms with E-state index in [9.17, 15) is 0 Å². The summed E-state index contributed by atoms with van der Waals surface area (Å²) in [7, 11) is 0. The van der Waals surface area contributed by atoms with Gasteiger partial charge in [-0.05, 0) is 38.5 Å². The first-order chi connectivity index (χ1) is 9.28. The molecule has 0 fully saturated rings. The largest absolute Gasteiger partial charge is 0.345 e. The molecule has 0 heterocycles. The van der Waals surface area contributed by atoms with Crippen molar-refractivity contribution < 1.29 is 4.74 Å². The molecule has 2 atom stereocenters. The normalized spacial score (nSPS) is 12.4. The fourth-order valence-corrected chi connectivity index (χ4v) is 1.59. The van der Waals surface area contributed by atoms with Crippen molar-refractivity contribution in [3.05, 3.63) is 0 Å². The van der Waals surface area contributed by atoms with Gasteiger partial charge in [0.2, 0.25) is 0 Å². The van der Waals surface area contributed by atoms with Gasteiger partial charge in [-0.15, -0.1) is 0 Å². The van der Waals surface area contributed by atoms with E-state index in [1.807, 2.05) is 24.3 Å². The summed E-state index contributed by atoms with van der Waals surface area (Å²) < 4.78 is 5.42. The van der Waals surface area contributed by atoms with Gasteiger partial charge in [-0.3, -0.25) is 0 Å². The molecule has 0 amide bonds. The molecule has 0 N–H and O–H groups in total. The number of ether oxygens (including phenoxy) is 1. The Morgan fingerprint density at radius 1 is 0.684 bits per heavy atom. The lowest BCUT2D eigenvalue weighted by atomic mass is 10.1. The highest BCUT2D eigenvalue weighted by atomic mass is 16.5. The summed E-state index contributed by atoms with van der Waals surface area (Å²) in [6.45, 7) is 0. The van der Waals surface area contributed by atoms with Crippen LogP contribution in [-0.2, 0) is 4.74 Å². The quantitative estimate of drug-likeness (QED) is 0.560. The number of unbranched alkanes of at least 4 members (excludes halogenated alkanes) is 4. The predicted molar refractivity (Wildman–Crippen MR) is 68.0 cm³/mol. The van der Waals surface area contributed by atoms with Gasteiger partial charge in [0, 0.05) is 12.8 Å². The van der Waals surface area contributed by atoms with E-state index in [1.54, 1.807) is 0 Å². The van der Waals surface area contributed by atoms with Gasteiger partial charge in [-0.1, -0.05) is 0 Å². The second kappa shape index (κ2) is 12.4. The summed E-state index contributed by atoms with van der Waals surface area (Å²) in [5.74, 6) is 0. The first-order valence-corrected chi connectivity index (χ1v) is 6.47. The van der Waals surface area contributed by atoms with Crippen LogP contribution in [0.1, 0.15) is 51.4 Å². The van der Waals surface area contributed by atoms with Gasteiger partial charge in [0.1, 0.15) is 12.2 Å². The Kier molecular flexibility index (Phi) is 11.0. The lowest BCUT2D eigenvalue weighted by Crippen LogP contribution is -2.19. The maximum atomic E-state index is 8.94. The number of rotatable bonds is 10. The summed E-state index contributed by atoms with van der Waals surface area (Å²) in [6, 6.07) is 8.17. The van der Waals surface area contributed by atoms with E-state index < -0.39 is 12.2 Å². The molecule has 0 aliphatic carbocycles. The van der Waals surface area contributed by atoms with Crippen molar-refractivity contribution in [3.63, 3.8) is 0 Å². The zero-order valence-corrected chi connectivity index (χ0v) is 11.0. The minimum atomic E-state index is -0.584. The molecule has 5 nitrogen and oxygen atoms in total. The second-order valence-electron chi connectivity index (χ2n) is 4.18. The molecule has 0 radical (unpaired) electrons. The standard InChI is InChI=1S/C14H18N4O/c15-9-5-1-3-7-13(11-17)19-14(12-18)8-4-2-6-10-16/h13-14H,1-8H2. The van der Waals surface area contributed by atoms with E-state index in [-0.39, 0.29) is 0 Å². The van der Waals surface area contributed by atoms with Crippen LogP contribution in [-0.4, -0.2) is 12.2 Å². The Hall–Kier alpha value is -2.08. The van der Waals surface area contributed by atoms with Crippen LogP contribution in [0, 0.1) is 45.3 Å². The Labute approximate surface area is 114 Å². The Balaban J connectivity index is 3.92. The Bertz CT molecular complexity index is 356. The number of nitrogens with zero attached hydrogens (tertiary/aromatic N) is 4. The number of hydrogen-bond acceptors (Lipinski definition) is 5. The van der Waals surface area contributed by atoms with Crippen LogP contribution in [0.2, 0.25) is 0 Å². The molecule has 0 aromatic heterocycles. The molecular formula is C14H18N4O. The smallest absolute Gasteiger partial charge is 0.145 e. The zero-order valence-electron chi connectivity index (χ0n) is 11.0. The second-order valence-corrected chi connectivity index (χ2v) is 4.18. The van der Waals surface area contributed by atoms with E-state index in [2.05, 4.69) is 0 Å². The highest BCUT2D eigenvalue weighted by molar-refractivity contribution is 4.91. The predicted octanol–water partition coefficient (Wildman–Crippen LogP) is 2.96. The summed E-state index contributed by atoms with van der Waals surface area (Å²) in [4.78, 5) is 0. The van der Waals surface area contributed by atoms with Crippen LogP contribution in [0.3, 0.4) is 0 Å². The number of hydrogen-bond donors (Lipinski definition) is 0. The van der Waals surface area contributed by atoms with E-state index in [4.69, 9.17) is 25.8 Å². The van der Waals surface area contributed by atoms with Gasteiger partial charge in [-0.2, -0.15) is 21.0 Å². The van der Waals surface area contributed by atoms with E-state index >= 15 is 0 Å². The van der Waals surface area contributed by atoms with Crippen LogP contribution >= 0.6 is 0 Å². The SMILES string of the molecule is N#CCCCCC(C#N)OC(C#N)CCCCC#N. The molecule has 2 unspecified atom stereocenters. The average Bonchev–Trinajstić information content (AvgIpc) is 2.44. The molecule has 0 bridgehead atoms. The van der Waals surface area contributed by atoms with Crippen molar-refractivity contribution in [2.45, 2.75) is 63.6 Å². The Morgan fingerprint density at radius 3 is 1.42 bits per heavy atom. The molecular weight excluding hydrogens is 240 g/mol. The van der Waals surface area contributed by atoms with Crippen LogP contribution in [0.5, 0.6) is 0 Å². The lowest BCUT2D eigenvalue weighted by Gasteiger charge is -2.14. The van der Waals surface area contributed by atoms with E-state index in [0.29, 0.717) is 25.7 Å². The van der Waals surface area contributed by atoms with Gasteiger partial charge in [0.15, 0.2) is 0 Å². The molecule has 0 aliphatic rings. The van der Waals surface area contributed by atoms with Crippen LogP contribution < -0.4 is 0 Å². The van der Waals surface area contributed by atoms with Crippen molar-refractivity contribution in [1.29, 1.82) is 21.0 Å². The molecule has 19 heavy (non-hydrogen) atoms.